The molecule has 3 rings (SSSR count). The maximum atomic E-state index is 13.9. The molecule has 0 radical (unpaired) electrons. The fraction of sp³-hybridized carbons (Fsp3) is 0.333. The molecule has 3 N–H and O–H groups in total. The summed E-state index contributed by atoms with van der Waals surface area (Å²) in [6.07, 6.45) is -5.41. The summed E-state index contributed by atoms with van der Waals surface area (Å²) in [7, 11) is 1.50. The Morgan fingerprint density at radius 1 is 1.30 bits per heavy atom. The highest BCUT2D eigenvalue weighted by Gasteiger charge is 2.65. The SMILES string of the molecule is COc1ccc(CN2C(=O)C(C)(C(F)(F)F)c3c2ccnc3C(N)O)cc1. The molecule has 0 bridgehead atoms. The van der Waals surface area contributed by atoms with E-state index in [2.05, 4.69) is 4.98 Å². The molecule has 1 aromatic carbocycles. The van der Waals surface area contributed by atoms with Crippen molar-refractivity contribution in [2.75, 3.05) is 12.0 Å². The van der Waals surface area contributed by atoms with Gasteiger partial charge >= 0.3 is 6.18 Å². The Balaban J connectivity index is 2.13. The summed E-state index contributed by atoms with van der Waals surface area (Å²) in [6.45, 7) is 0.710. The Bertz CT molecular complexity index is 868. The van der Waals surface area contributed by atoms with Crippen LogP contribution in [0.4, 0.5) is 18.9 Å². The Kier molecular flexibility index (Phi) is 4.61. The molecule has 0 aliphatic carbocycles. The van der Waals surface area contributed by atoms with E-state index in [0.717, 1.165) is 11.8 Å². The third kappa shape index (κ3) is 2.92. The number of amides is 1. The number of anilines is 1. The molecular weight excluding hydrogens is 363 g/mol. The summed E-state index contributed by atoms with van der Waals surface area (Å²) in [5.74, 6) is -0.555. The van der Waals surface area contributed by atoms with Crippen LogP contribution < -0.4 is 15.4 Å². The Morgan fingerprint density at radius 3 is 2.44 bits per heavy atom. The van der Waals surface area contributed by atoms with Crippen molar-refractivity contribution in [3.63, 3.8) is 0 Å². The second-order valence-corrected chi connectivity index (χ2v) is 6.40. The number of nitrogens with zero attached hydrogens (tertiary/aromatic N) is 2. The number of aromatic nitrogens is 1. The predicted octanol–water partition coefficient (Wildman–Crippen LogP) is 2.41. The highest BCUT2D eigenvalue weighted by molar-refractivity contribution is 6.08. The van der Waals surface area contributed by atoms with E-state index >= 15 is 0 Å². The summed E-state index contributed by atoms with van der Waals surface area (Å²) in [5, 5.41) is 9.71. The van der Waals surface area contributed by atoms with E-state index in [0.29, 0.717) is 11.3 Å². The molecule has 6 nitrogen and oxygen atoms in total. The van der Waals surface area contributed by atoms with Gasteiger partial charge in [0.1, 0.15) is 12.0 Å². The highest BCUT2D eigenvalue weighted by Crippen LogP contribution is 2.52. The average Bonchev–Trinajstić information content (AvgIpc) is 2.85. The number of hydrogen-bond donors (Lipinski definition) is 2. The molecule has 0 saturated carbocycles. The summed E-state index contributed by atoms with van der Waals surface area (Å²) in [5.41, 5.74) is 2.44. The summed E-state index contributed by atoms with van der Waals surface area (Å²) < 4.78 is 46.8. The molecule has 9 heteroatoms. The number of methoxy groups -OCH3 is 1. The lowest BCUT2D eigenvalue weighted by Crippen LogP contribution is -2.49. The van der Waals surface area contributed by atoms with Crippen LogP contribution in [0.2, 0.25) is 0 Å². The summed E-state index contributed by atoms with van der Waals surface area (Å²) in [6, 6.07) is 7.95. The maximum absolute atomic E-state index is 13.9. The summed E-state index contributed by atoms with van der Waals surface area (Å²) in [4.78, 5) is 17.7. The van der Waals surface area contributed by atoms with Gasteiger partial charge in [-0.05, 0) is 30.7 Å². The van der Waals surface area contributed by atoms with Gasteiger partial charge in [-0.15, -0.1) is 0 Å². The first-order chi connectivity index (χ1) is 12.6. The first-order valence-electron chi connectivity index (χ1n) is 8.06. The standard InChI is InChI=1S/C18H18F3N3O3/c1-17(18(19,20)21)13-12(7-8-23-14(13)15(22)25)24(16(17)26)9-10-3-5-11(27-2)6-4-10/h3-8,15,25H,9,22H2,1-2H3. The minimum absolute atomic E-state index is 0.0325. The fourth-order valence-corrected chi connectivity index (χ4v) is 3.25. The lowest BCUT2D eigenvalue weighted by molar-refractivity contribution is -0.188. The van der Waals surface area contributed by atoms with Crippen molar-refractivity contribution in [1.82, 2.24) is 4.98 Å². The monoisotopic (exact) mass is 381 g/mol. The molecule has 0 spiro atoms. The Labute approximate surface area is 153 Å². The number of carbonyl (C=O) groups is 1. The minimum atomic E-state index is -4.89. The van der Waals surface area contributed by atoms with Gasteiger partial charge in [0, 0.05) is 11.8 Å². The molecule has 0 fully saturated rings. The number of halogens is 3. The van der Waals surface area contributed by atoms with E-state index in [-0.39, 0.29) is 17.9 Å². The second-order valence-electron chi connectivity index (χ2n) is 6.40. The normalized spacial score (nSPS) is 20.6. The molecule has 2 unspecified atom stereocenters. The molecule has 1 aromatic heterocycles. The van der Waals surface area contributed by atoms with Gasteiger partial charge in [-0.2, -0.15) is 13.2 Å². The van der Waals surface area contributed by atoms with Crippen LogP contribution in [0.5, 0.6) is 5.75 Å². The van der Waals surface area contributed by atoms with Gasteiger partial charge in [0.2, 0.25) is 5.91 Å². The number of carbonyl (C=O) groups excluding carboxylic acids is 1. The lowest BCUT2D eigenvalue weighted by atomic mass is 9.81. The fourth-order valence-electron chi connectivity index (χ4n) is 3.25. The van der Waals surface area contributed by atoms with Crippen LogP contribution in [-0.2, 0) is 16.8 Å². The number of hydrogen-bond acceptors (Lipinski definition) is 5. The summed E-state index contributed by atoms with van der Waals surface area (Å²) >= 11 is 0. The van der Waals surface area contributed by atoms with Crippen molar-refractivity contribution < 1.29 is 27.8 Å². The van der Waals surface area contributed by atoms with Crippen LogP contribution in [-0.4, -0.2) is 29.3 Å². The van der Waals surface area contributed by atoms with Crippen molar-refractivity contribution in [2.24, 2.45) is 5.73 Å². The van der Waals surface area contributed by atoms with Gasteiger partial charge in [0.15, 0.2) is 5.41 Å². The van der Waals surface area contributed by atoms with E-state index < -0.39 is 29.3 Å². The van der Waals surface area contributed by atoms with E-state index in [1.165, 1.54) is 19.4 Å². The molecule has 2 aromatic rings. The van der Waals surface area contributed by atoms with Crippen molar-refractivity contribution in [1.29, 1.82) is 0 Å². The molecule has 1 aliphatic rings. The number of alkyl halides is 3. The van der Waals surface area contributed by atoms with Crippen LogP contribution in [0.1, 0.15) is 30.0 Å². The second kappa shape index (κ2) is 6.50. The zero-order valence-electron chi connectivity index (χ0n) is 14.6. The predicted molar refractivity (Wildman–Crippen MR) is 91.0 cm³/mol. The number of ether oxygens (including phenoxy) is 1. The maximum Gasteiger partial charge on any atom is 0.407 e. The Morgan fingerprint density at radius 2 is 1.93 bits per heavy atom. The van der Waals surface area contributed by atoms with E-state index in [9.17, 15) is 23.1 Å². The number of pyridine rings is 1. The average molecular weight is 381 g/mol. The molecule has 27 heavy (non-hydrogen) atoms. The van der Waals surface area contributed by atoms with Crippen molar-refractivity contribution >= 4 is 11.6 Å². The highest BCUT2D eigenvalue weighted by atomic mass is 19.4. The molecular formula is C18H18F3N3O3. The molecule has 0 saturated heterocycles. The number of aliphatic hydroxyl groups is 1. The largest absolute Gasteiger partial charge is 0.497 e. The van der Waals surface area contributed by atoms with Crippen LogP contribution >= 0.6 is 0 Å². The van der Waals surface area contributed by atoms with E-state index in [1.54, 1.807) is 24.3 Å². The van der Waals surface area contributed by atoms with Gasteiger partial charge in [0.05, 0.1) is 25.0 Å². The van der Waals surface area contributed by atoms with Crippen molar-refractivity contribution in [3.8, 4) is 5.75 Å². The number of aliphatic hydroxyl groups excluding tert-OH is 1. The van der Waals surface area contributed by atoms with Crippen LogP contribution in [0.3, 0.4) is 0 Å². The van der Waals surface area contributed by atoms with Gasteiger partial charge in [-0.25, -0.2) is 0 Å². The first-order valence-corrected chi connectivity index (χ1v) is 8.06. The first kappa shape index (κ1) is 19.1. The van der Waals surface area contributed by atoms with Crippen molar-refractivity contribution in [3.05, 3.63) is 53.3 Å². The zero-order chi connectivity index (χ0) is 20.0. The van der Waals surface area contributed by atoms with E-state index in [1.807, 2.05) is 0 Å². The smallest absolute Gasteiger partial charge is 0.407 e. The van der Waals surface area contributed by atoms with Crippen LogP contribution in [0.15, 0.2) is 36.5 Å². The lowest BCUT2D eigenvalue weighted by Gasteiger charge is -2.28. The van der Waals surface area contributed by atoms with Gasteiger partial charge in [0.25, 0.3) is 0 Å². The van der Waals surface area contributed by atoms with Gasteiger partial charge in [-0.1, -0.05) is 12.1 Å². The van der Waals surface area contributed by atoms with Gasteiger partial charge < -0.3 is 20.5 Å². The molecule has 1 aliphatic heterocycles. The third-order valence-electron chi connectivity index (χ3n) is 4.77. The van der Waals surface area contributed by atoms with Crippen molar-refractivity contribution in [2.45, 2.75) is 31.3 Å². The van der Waals surface area contributed by atoms with Crippen LogP contribution in [0, 0.1) is 0 Å². The molecule has 2 heterocycles. The Hall–Kier alpha value is -2.65. The minimum Gasteiger partial charge on any atom is -0.497 e. The number of fused-ring (bicyclic) bond motifs is 1. The van der Waals surface area contributed by atoms with Crippen LogP contribution in [0.25, 0.3) is 0 Å². The third-order valence-corrected chi connectivity index (χ3v) is 4.77. The van der Waals surface area contributed by atoms with Gasteiger partial charge in [-0.3, -0.25) is 9.78 Å². The zero-order valence-corrected chi connectivity index (χ0v) is 14.6. The topological polar surface area (TPSA) is 88.7 Å². The molecule has 144 valence electrons. The molecule has 2 atom stereocenters. The number of nitrogens with two attached hydrogens (primary N) is 1. The quantitative estimate of drug-likeness (QED) is 0.794. The molecule has 1 amide bonds. The number of rotatable bonds is 4. The van der Waals surface area contributed by atoms with E-state index in [4.69, 9.17) is 10.5 Å². The number of benzene rings is 1.